The Morgan fingerprint density at radius 1 is 1.57 bits per heavy atom. The molecule has 0 aromatic rings. The van der Waals surface area contributed by atoms with Crippen LogP contribution in [-0.4, -0.2) is 41.8 Å². The molecule has 1 aliphatic heterocycles. The summed E-state index contributed by atoms with van der Waals surface area (Å²) in [5.74, 6) is -1.12. The Kier molecular flexibility index (Phi) is 3.48. The molecule has 1 unspecified atom stereocenters. The molecule has 0 radical (unpaired) electrons. The fraction of sp³-hybridized carbons (Fsp3) is 0.900. The highest BCUT2D eigenvalue weighted by atomic mass is 19.1. The Hall–Kier alpha value is -0.640. The second-order valence-electron chi connectivity index (χ2n) is 4.45. The molecule has 1 fully saturated rings. The van der Waals surface area contributed by atoms with Gasteiger partial charge in [-0.1, -0.05) is 0 Å². The van der Waals surface area contributed by atoms with Gasteiger partial charge in [0.25, 0.3) is 0 Å². The van der Waals surface area contributed by atoms with Gasteiger partial charge in [0, 0.05) is 0 Å². The highest BCUT2D eigenvalue weighted by Gasteiger charge is 2.36. The zero-order valence-corrected chi connectivity index (χ0v) is 8.79. The smallest absolute Gasteiger partial charge is 0.341 e. The van der Waals surface area contributed by atoms with E-state index in [1.807, 2.05) is 7.05 Å². The molecular weight excluding hydrogens is 185 g/mol. The number of carboxylic acids is 1. The average Bonchev–Trinajstić information content (AvgIpc) is 2.08. The largest absolute Gasteiger partial charge is 0.479 e. The highest BCUT2D eigenvalue weighted by molar-refractivity contribution is 5.76. The molecule has 3 nitrogen and oxygen atoms in total. The van der Waals surface area contributed by atoms with Crippen molar-refractivity contribution in [2.45, 2.75) is 31.9 Å². The number of nitrogens with zero attached hydrogens (tertiary/aromatic N) is 1. The van der Waals surface area contributed by atoms with E-state index in [0.717, 1.165) is 32.9 Å². The number of piperidine rings is 1. The van der Waals surface area contributed by atoms with Crippen LogP contribution in [0, 0.1) is 5.92 Å². The second-order valence-corrected chi connectivity index (χ2v) is 4.45. The third-order valence-electron chi connectivity index (χ3n) is 2.96. The summed E-state index contributed by atoms with van der Waals surface area (Å²) in [5.41, 5.74) is -2.05. The first-order valence-electron chi connectivity index (χ1n) is 5.02. The fourth-order valence-electron chi connectivity index (χ4n) is 1.90. The van der Waals surface area contributed by atoms with E-state index >= 15 is 0 Å². The van der Waals surface area contributed by atoms with Gasteiger partial charge in [0.15, 0.2) is 0 Å². The van der Waals surface area contributed by atoms with Crippen LogP contribution in [0.5, 0.6) is 0 Å². The predicted molar refractivity (Wildman–Crippen MR) is 52.0 cm³/mol. The van der Waals surface area contributed by atoms with E-state index < -0.39 is 11.6 Å². The molecule has 0 amide bonds. The Morgan fingerprint density at radius 3 is 2.50 bits per heavy atom. The van der Waals surface area contributed by atoms with Crippen LogP contribution in [0.25, 0.3) is 0 Å². The van der Waals surface area contributed by atoms with E-state index in [2.05, 4.69) is 4.90 Å². The molecule has 0 bridgehead atoms. The molecule has 1 rings (SSSR count). The first-order valence-corrected chi connectivity index (χ1v) is 5.02. The molecule has 0 aromatic heterocycles. The summed E-state index contributed by atoms with van der Waals surface area (Å²) >= 11 is 0. The first kappa shape index (κ1) is 11.4. The van der Waals surface area contributed by atoms with Gasteiger partial charge >= 0.3 is 5.97 Å². The van der Waals surface area contributed by atoms with Gasteiger partial charge in [-0.2, -0.15) is 0 Å². The van der Waals surface area contributed by atoms with Crippen molar-refractivity contribution in [3.05, 3.63) is 0 Å². The number of aliphatic carboxylic acids is 1. The van der Waals surface area contributed by atoms with Gasteiger partial charge in [0.1, 0.15) is 0 Å². The molecule has 4 heteroatoms. The van der Waals surface area contributed by atoms with Crippen molar-refractivity contribution in [3.63, 3.8) is 0 Å². The zero-order valence-electron chi connectivity index (χ0n) is 8.79. The van der Waals surface area contributed by atoms with Crippen LogP contribution in [0.15, 0.2) is 0 Å². The van der Waals surface area contributed by atoms with Crippen molar-refractivity contribution in [1.82, 2.24) is 4.90 Å². The molecule has 1 saturated heterocycles. The standard InChI is InChI=1S/C10H18FNO2/c1-10(11,9(13)14)7-8-3-5-12(2)6-4-8/h8H,3-7H2,1-2H3,(H,13,14). The van der Waals surface area contributed by atoms with E-state index in [0.29, 0.717) is 0 Å². The lowest BCUT2D eigenvalue weighted by Crippen LogP contribution is -2.37. The van der Waals surface area contributed by atoms with E-state index in [-0.39, 0.29) is 12.3 Å². The van der Waals surface area contributed by atoms with Gasteiger partial charge in [-0.3, -0.25) is 0 Å². The number of carbonyl (C=O) groups is 1. The average molecular weight is 203 g/mol. The summed E-state index contributed by atoms with van der Waals surface area (Å²) in [6, 6.07) is 0. The van der Waals surface area contributed by atoms with E-state index in [1.165, 1.54) is 0 Å². The fourth-order valence-corrected chi connectivity index (χ4v) is 1.90. The Bertz CT molecular complexity index is 210. The lowest BCUT2D eigenvalue weighted by atomic mass is 9.86. The van der Waals surface area contributed by atoms with Crippen molar-refractivity contribution in [3.8, 4) is 0 Å². The minimum Gasteiger partial charge on any atom is -0.479 e. The van der Waals surface area contributed by atoms with Crippen LogP contribution in [0.2, 0.25) is 0 Å². The number of likely N-dealkylation sites (tertiary alicyclic amines) is 1. The summed E-state index contributed by atoms with van der Waals surface area (Å²) in [5, 5.41) is 8.64. The van der Waals surface area contributed by atoms with Crippen molar-refractivity contribution in [2.24, 2.45) is 5.92 Å². The maximum absolute atomic E-state index is 13.5. The van der Waals surface area contributed by atoms with Crippen molar-refractivity contribution >= 4 is 5.97 Å². The first-order chi connectivity index (χ1) is 6.42. The third kappa shape index (κ3) is 2.94. The number of halogens is 1. The minimum absolute atomic E-state index is 0.149. The highest BCUT2D eigenvalue weighted by Crippen LogP contribution is 2.28. The molecule has 1 atom stereocenters. The summed E-state index contributed by atoms with van der Waals surface area (Å²) < 4.78 is 13.5. The van der Waals surface area contributed by atoms with Crippen molar-refractivity contribution < 1.29 is 14.3 Å². The number of hydrogen-bond acceptors (Lipinski definition) is 2. The summed E-state index contributed by atoms with van der Waals surface area (Å²) in [6.45, 7) is 3.05. The van der Waals surface area contributed by atoms with Crippen LogP contribution < -0.4 is 0 Å². The molecule has 1 aliphatic rings. The molecule has 0 saturated carbocycles. The van der Waals surface area contributed by atoms with E-state index in [1.54, 1.807) is 0 Å². The summed E-state index contributed by atoms with van der Waals surface area (Å²) in [7, 11) is 2.03. The molecule has 0 aromatic carbocycles. The lowest BCUT2D eigenvalue weighted by molar-refractivity contribution is -0.151. The Morgan fingerprint density at radius 2 is 2.07 bits per heavy atom. The normalized spacial score (nSPS) is 24.5. The van der Waals surface area contributed by atoms with Gasteiger partial charge < -0.3 is 10.0 Å². The van der Waals surface area contributed by atoms with Crippen LogP contribution in [0.4, 0.5) is 4.39 Å². The number of alkyl halides is 1. The van der Waals surface area contributed by atoms with Gasteiger partial charge in [-0.25, -0.2) is 9.18 Å². The number of carboxylic acid groups (broad SMARTS) is 1. The molecule has 1 N–H and O–H groups in total. The zero-order chi connectivity index (χ0) is 10.8. The molecule has 82 valence electrons. The topological polar surface area (TPSA) is 40.5 Å². The maximum atomic E-state index is 13.5. The third-order valence-corrected chi connectivity index (χ3v) is 2.96. The van der Waals surface area contributed by atoms with Crippen molar-refractivity contribution in [1.29, 1.82) is 0 Å². The van der Waals surface area contributed by atoms with Gasteiger partial charge in [0.2, 0.25) is 5.67 Å². The van der Waals surface area contributed by atoms with E-state index in [4.69, 9.17) is 5.11 Å². The quantitative estimate of drug-likeness (QED) is 0.756. The SMILES string of the molecule is CN1CCC(CC(C)(F)C(=O)O)CC1. The molecule has 14 heavy (non-hydrogen) atoms. The number of hydrogen-bond donors (Lipinski definition) is 1. The molecule has 0 aliphatic carbocycles. The predicted octanol–water partition coefficient (Wildman–Crippen LogP) is 1.53. The van der Waals surface area contributed by atoms with Crippen LogP contribution in [0.1, 0.15) is 26.2 Å². The summed E-state index contributed by atoms with van der Waals surface area (Å²) in [6.07, 6.45) is 1.96. The molecular formula is C10H18FNO2. The van der Waals surface area contributed by atoms with Crippen LogP contribution in [0.3, 0.4) is 0 Å². The maximum Gasteiger partial charge on any atom is 0.341 e. The lowest BCUT2D eigenvalue weighted by Gasteiger charge is -2.31. The minimum atomic E-state index is -2.05. The van der Waals surface area contributed by atoms with E-state index in [9.17, 15) is 9.18 Å². The van der Waals surface area contributed by atoms with Gasteiger partial charge in [-0.15, -0.1) is 0 Å². The molecule has 1 heterocycles. The van der Waals surface area contributed by atoms with Crippen molar-refractivity contribution in [2.75, 3.05) is 20.1 Å². The second kappa shape index (κ2) is 4.26. The van der Waals surface area contributed by atoms with Gasteiger partial charge in [0.05, 0.1) is 0 Å². The molecule has 0 spiro atoms. The Labute approximate surface area is 83.9 Å². The Balaban J connectivity index is 2.41. The number of rotatable bonds is 3. The van der Waals surface area contributed by atoms with Crippen LogP contribution in [-0.2, 0) is 4.79 Å². The van der Waals surface area contributed by atoms with Crippen LogP contribution >= 0.6 is 0 Å². The monoisotopic (exact) mass is 203 g/mol. The van der Waals surface area contributed by atoms with Gasteiger partial charge in [-0.05, 0) is 52.2 Å². The summed E-state index contributed by atoms with van der Waals surface area (Å²) in [4.78, 5) is 12.8.